The standard InChI is InChI=1S/C17H15N3OS/c1-22(21)17-10-7-15(8-11-17)14-5-2-13(3-6-14)4-9-16-12-18-20-19-16/h2-12H,1H3,(H,18,19,20)/b9-4+. The Bertz CT molecular complexity index is 791. The fourth-order valence-corrected chi connectivity index (χ4v) is 2.62. The van der Waals surface area contributed by atoms with Crippen molar-refractivity contribution in [3.63, 3.8) is 0 Å². The van der Waals surface area contributed by atoms with Gasteiger partial charge in [-0.15, -0.1) is 0 Å². The second kappa shape index (κ2) is 6.49. The molecule has 0 aliphatic carbocycles. The van der Waals surface area contributed by atoms with E-state index in [-0.39, 0.29) is 0 Å². The van der Waals surface area contributed by atoms with Crippen LogP contribution in [0.15, 0.2) is 59.6 Å². The Morgan fingerprint density at radius 3 is 2.14 bits per heavy atom. The van der Waals surface area contributed by atoms with Crippen LogP contribution in [0.5, 0.6) is 0 Å². The van der Waals surface area contributed by atoms with Crippen LogP contribution in [0.1, 0.15) is 11.3 Å². The second-order valence-corrected chi connectivity index (χ2v) is 6.21. The minimum atomic E-state index is -0.938. The van der Waals surface area contributed by atoms with Gasteiger partial charge in [-0.2, -0.15) is 15.4 Å². The van der Waals surface area contributed by atoms with Crippen molar-refractivity contribution in [1.82, 2.24) is 15.4 Å². The molecule has 110 valence electrons. The minimum Gasteiger partial charge on any atom is -0.255 e. The summed E-state index contributed by atoms with van der Waals surface area (Å²) in [5.74, 6) is 0. The van der Waals surface area contributed by atoms with Crippen molar-refractivity contribution in [2.24, 2.45) is 0 Å². The molecule has 1 unspecified atom stereocenters. The number of benzene rings is 2. The summed E-state index contributed by atoms with van der Waals surface area (Å²) in [6.45, 7) is 0. The molecule has 0 aliphatic rings. The number of rotatable bonds is 4. The van der Waals surface area contributed by atoms with Gasteiger partial charge in [-0.3, -0.25) is 4.21 Å². The Balaban J connectivity index is 1.77. The van der Waals surface area contributed by atoms with Crippen LogP contribution in [-0.2, 0) is 10.8 Å². The fraction of sp³-hybridized carbons (Fsp3) is 0.0588. The Morgan fingerprint density at radius 2 is 1.59 bits per heavy atom. The molecule has 22 heavy (non-hydrogen) atoms. The lowest BCUT2D eigenvalue weighted by Crippen LogP contribution is -1.86. The van der Waals surface area contributed by atoms with E-state index in [9.17, 15) is 4.21 Å². The van der Waals surface area contributed by atoms with Crippen LogP contribution in [0.3, 0.4) is 0 Å². The molecule has 0 fully saturated rings. The highest BCUT2D eigenvalue weighted by molar-refractivity contribution is 7.84. The van der Waals surface area contributed by atoms with E-state index in [0.717, 1.165) is 27.3 Å². The van der Waals surface area contributed by atoms with Gasteiger partial charge >= 0.3 is 0 Å². The Morgan fingerprint density at radius 1 is 0.955 bits per heavy atom. The van der Waals surface area contributed by atoms with Crippen LogP contribution in [-0.4, -0.2) is 25.9 Å². The zero-order valence-electron chi connectivity index (χ0n) is 12.1. The average Bonchev–Trinajstić information content (AvgIpc) is 3.07. The van der Waals surface area contributed by atoms with E-state index >= 15 is 0 Å². The van der Waals surface area contributed by atoms with Crippen LogP contribution in [0.25, 0.3) is 23.3 Å². The Hall–Kier alpha value is -2.53. The van der Waals surface area contributed by atoms with Crippen LogP contribution in [0.2, 0.25) is 0 Å². The monoisotopic (exact) mass is 309 g/mol. The maximum atomic E-state index is 11.4. The highest BCUT2D eigenvalue weighted by Crippen LogP contribution is 2.21. The molecular weight excluding hydrogens is 294 g/mol. The highest BCUT2D eigenvalue weighted by Gasteiger charge is 2.00. The van der Waals surface area contributed by atoms with E-state index in [0.29, 0.717) is 0 Å². The van der Waals surface area contributed by atoms with Crippen molar-refractivity contribution in [2.45, 2.75) is 4.90 Å². The molecule has 3 aromatic rings. The summed E-state index contributed by atoms with van der Waals surface area (Å²) < 4.78 is 11.4. The molecule has 3 rings (SSSR count). The number of nitrogens with one attached hydrogen (secondary N) is 1. The van der Waals surface area contributed by atoms with E-state index < -0.39 is 10.8 Å². The van der Waals surface area contributed by atoms with Gasteiger partial charge in [-0.05, 0) is 34.9 Å². The van der Waals surface area contributed by atoms with E-state index in [2.05, 4.69) is 39.7 Å². The van der Waals surface area contributed by atoms with Gasteiger partial charge < -0.3 is 0 Å². The molecule has 5 heteroatoms. The molecule has 1 atom stereocenters. The molecule has 0 saturated heterocycles. The lowest BCUT2D eigenvalue weighted by Gasteiger charge is -2.03. The minimum absolute atomic E-state index is 0.798. The van der Waals surface area contributed by atoms with Gasteiger partial charge in [0.1, 0.15) is 5.69 Å². The third-order valence-electron chi connectivity index (χ3n) is 3.31. The van der Waals surface area contributed by atoms with E-state index in [1.807, 2.05) is 36.4 Å². The first kappa shape index (κ1) is 14.4. The van der Waals surface area contributed by atoms with E-state index in [1.165, 1.54) is 0 Å². The Kier molecular flexibility index (Phi) is 4.25. The first-order valence-electron chi connectivity index (χ1n) is 6.80. The maximum Gasteiger partial charge on any atom is 0.105 e. The molecule has 1 aromatic heterocycles. The van der Waals surface area contributed by atoms with Crippen molar-refractivity contribution in [2.75, 3.05) is 6.26 Å². The molecule has 2 aromatic carbocycles. The summed E-state index contributed by atoms with van der Waals surface area (Å²) in [5, 5.41) is 10.3. The largest absolute Gasteiger partial charge is 0.255 e. The zero-order valence-corrected chi connectivity index (χ0v) is 12.9. The predicted molar refractivity (Wildman–Crippen MR) is 89.5 cm³/mol. The lowest BCUT2D eigenvalue weighted by molar-refractivity contribution is 0.687. The quantitative estimate of drug-likeness (QED) is 0.803. The number of aromatic nitrogens is 3. The van der Waals surface area contributed by atoms with Gasteiger partial charge in [-0.1, -0.05) is 42.5 Å². The number of hydrogen-bond donors (Lipinski definition) is 1. The maximum absolute atomic E-state index is 11.4. The van der Waals surface area contributed by atoms with Gasteiger partial charge in [0.25, 0.3) is 0 Å². The molecule has 0 saturated carbocycles. The van der Waals surface area contributed by atoms with Gasteiger partial charge in [0.15, 0.2) is 0 Å². The summed E-state index contributed by atoms with van der Waals surface area (Å²) in [6, 6.07) is 16.1. The average molecular weight is 309 g/mol. The summed E-state index contributed by atoms with van der Waals surface area (Å²) in [4.78, 5) is 0.843. The SMILES string of the molecule is CS(=O)c1ccc(-c2ccc(/C=C/c3cn[nH]n3)cc2)cc1. The van der Waals surface area contributed by atoms with Crippen molar-refractivity contribution < 1.29 is 4.21 Å². The second-order valence-electron chi connectivity index (χ2n) is 4.83. The van der Waals surface area contributed by atoms with E-state index in [1.54, 1.807) is 12.5 Å². The summed E-state index contributed by atoms with van der Waals surface area (Å²) in [7, 11) is -0.938. The lowest BCUT2D eigenvalue weighted by atomic mass is 10.0. The van der Waals surface area contributed by atoms with Crippen molar-refractivity contribution in [3.8, 4) is 11.1 Å². The number of H-pyrrole nitrogens is 1. The van der Waals surface area contributed by atoms with Gasteiger partial charge in [-0.25, -0.2) is 0 Å². The molecule has 1 N–H and O–H groups in total. The normalized spacial score (nSPS) is 12.6. The Labute approximate surface area is 131 Å². The number of hydrogen-bond acceptors (Lipinski definition) is 3. The molecular formula is C17H15N3OS. The summed E-state index contributed by atoms with van der Waals surface area (Å²) >= 11 is 0. The van der Waals surface area contributed by atoms with Crippen LogP contribution >= 0.6 is 0 Å². The molecule has 0 bridgehead atoms. The van der Waals surface area contributed by atoms with Crippen LogP contribution in [0, 0.1) is 0 Å². The van der Waals surface area contributed by atoms with Crippen LogP contribution < -0.4 is 0 Å². The molecule has 0 radical (unpaired) electrons. The molecule has 0 amide bonds. The number of nitrogens with zero attached hydrogens (tertiary/aromatic N) is 2. The van der Waals surface area contributed by atoms with Gasteiger partial charge in [0.05, 0.1) is 6.20 Å². The zero-order chi connectivity index (χ0) is 15.4. The van der Waals surface area contributed by atoms with Crippen LogP contribution in [0.4, 0.5) is 0 Å². The molecule has 0 spiro atoms. The number of aromatic amines is 1. The first-order valence-corrected chi connectivity index (χ1v) is 8.36. The summed E-state index contributed by atoms with van der Waals surface area (Å²) in [5.41, 5.74) is 4.14. The van der Waals surface area contributed by atoms with Gasteiger partial charge in [0, 0.05) is 22.0 Å². The third-order valence-corrected chi connectivity index (χ3v) is 4.25. The van der Waals surface area contributed by atoms with Crippen molar-refractivity contribution in [3.05, 3.63) is 66.0 Å². The van der Waals surface area contributed by atoms with Gasteiger partial charge in [0.2, 0.25) is 0 Å². The summed E-state index contributed by atoms with van der Waals surface area (Å²) in [6.07, 6.45) is 7.25. The molecule has 4 nitrogen and oxygen atoms in total. The van der Waals surface area contributed by atoms with Crippen molar-refractivity contribution in [1.29, 1.82) is 0 Å². The highest BCUT2D eigenvalue weighted by atomic mass is 32.2. The predicted octanol–water partition coefficient (Wildman–Crippen LogP) is 3.38. The first-order chi connectivity index (χ1) is 10.7. The molecule has 0 aliphatic heterocycles. The van der Waals surface area contributed by atoms with Crippen molar-refractivity contribution >= 4 is 23.0 Å². The smallest absolute Gasteiger partial charge is 0.105 e. The topological polar surface area (TPSA) is 58.6 Å². The molecule has 1 heterocycles. The van der Waals surface area contributed by atoms with E-state index in [4.69, 9.17) is 0 Å². The fourth-order valence-electron chi connectivity index (χ4n) is 2.10. The third kappa shape index (κ3) is 3.38.